The lowest BCUT2D eigenvalue weighted by Gasteiger charge is -2.23. The van der Waals surface area contributed by atoms with E-state index in [9.17, 15) is 4.79 Å². The molecule has 0 saturated carbocycles. The van der Waals surface area contributed by atoms with Gasteiger partial charge in [-0.3, -0.25) is 9.69 Å². The number of hydrogen-bond acceptors (Lipinski definition) is 4. The number of fused-ring (bicyclic) bond motifs is 1. The molecule has 3 rings (SSSR count). The maximum absolute atomic E-state index is 12.6. The number of aryl methyl sites for hydroxylation is 1. The molecule has 1 fully saturated rings. The van der Waals surface area contributed by atoms with E-state index in [-0.39, 0.29) is 11.3 Å². The summed E-state index contributed by atoms with van der Waals surface area (Å²) in [7, 11) is 2.09. The summed E-state index contributed by atoms with van der Waals surface area (Å²) in [5.41, 5.74) is 4.92. The van der Waals surface area contributed by atoms with Crippen LogP contribution in [0.25, 0.3) is 0 Å². The molecule has 0 N–H and O–H groups in total. The number of carbonyl (C=O) groups excluding carboxylic acids is 1. The maximum Gasteiger partial charge on any atom is 0.266 e. The van der Waals surface area contributed by atoms with Crippen LogP contribution in [0.4, 0.5) is 5.69 Å². The van der Waals surface area contributed by atoms with Gasteiger partial charge in [-0.1, -0.05) is 68.9 Å². The molecular weight excluding hydrogens is 360 g/mol. The Balaban J connectivity index is 1.90. The Kier molecular flexibility index (Phi) is 5.31. The van der Waals surface area contributed by atoms with Gasteiger partial charge in [0.1, 0.15) is 4.32 Å². The fourth-order valence-corrected chi connectivity index (χ4v) is 4.88. The van der Waals surface area contributed by atoms with Crippen LogP contribution in [0.15, 0.2) is 41.0 Å². The van der Waals surface area contributed by atoms with Crippen molar-refractivity contribution in [2.24, 2.45) is 0 Å². The van der Waals surface area contributed by atoms with Gasteiger partial charge in [0, 0.05) is 30.4 Å². The second kappa shape index (κ2) is 7.20. The second-order valence-electron chi connectivity index (χ2n) is 7.47. The third kappa shape index (κ3) is 3.23. The van der Waals surface area contributed by atoms with Gasteiger partial charge in [-0.2, -0.15) is 0 Å². The maximum atomic E-state index is 12.6. The van der Waals surface area contributed by atoms with Crippen molar-refractivity contribution >= 4 is 39.9 Å². The molecule has 0 unspecified atom stereocenters. The molecule has 1 aromatic rings. The minimum atomic E-state index is -0.0953. The number of thioether (sulfide) groups is 1. The number of benzene rings is 1. The fraction of sp³-hybridized carbons (Fsp3) is 0.429. The van der Waals surface area contributed by atoms with Gasteiger partial charge in [0.25, 0.3) is 5.91 Å². The molecule has 2 aliphatic heterocycles. The number of unbranched alkanes of at least 4 members (excludes halogenated alkanes) is 1. The summed E-state index contributed by atoms with van der Waals surface area (Å²) in [4.78, 5) is 17.3. The summed E-state index contributed by atoms with van der Waals surface area (Å²) in [6, 6.07) is 6.58. The number of hydrogen-bond donors (Lipinski definition) is 0. The Morgan fingerprint density at radius 2 is 2.00 bits per heavy atom. The van der Waals surface area contributed by atoms with Gasteiger partial charge >= 0.3 is 0 Å². The molecule has 2 aliphatic rings. The molecule has 1 saturated heterocycles. The van der Waals surface area contributed by atoms with Gasteiger partial charge in [-0.05, 0) is 37.1 Å². The Labute approximate surface area is 166 Å². The van der Waals surface area contributed by atoms with Crippen LogP contribution >= 0.6 is 24.0 Å². The van der Waals surface area contributed by atoms with Crippen molar-refractivity contribution in [2.75, 3.05) is 18.5 Å². The molecule has 5 heteroatoms. The summed E-state index contributed by atoms with van der Waals surface area (Å²) in [5.74, 6) is 0.0390. The molecule has 0 spiro atoms. The van der Waals surface area contributed by atoms with Crippen LogP contribution in [0.5, 0.6) is 0 Å². The van der Waals surface area contributed by atoms with Crippen LogP contribution < -0.4 is 4.90 Å². The van der Waals surface area contributed by atoms with Gasteiger partial charge in [-0.25, -0.2) is 0 Å². The lowest BCUT2D eigenvalue weighted by atomic mass is 9.83. The lowest BCUT2D eigenvalue weighted by molar-refractivity contribution is -0.122. The van der Waals surface area contributed by atoms with E-state index >= 15 is 0 Å². The number of rotatable bonds is 4. The minimum Gasteiger partial charge on any atom is -0.347 e. The quantitative estimate of drug-likeness (QED) is 0.527. The van der Waals surface area contributed by atoms with Gasteiger partial charge < -0.3 is 4.90 Å². The van der Waals surface area contributed by atoms with Crippen molar-refractivity contribution in [2.45, 2.75) is 46.0 Å². The highest BCUT2D eigenvalue weighted by Gasteiger charge is 2.38. The van der Waals surface area contributed by atoms with E-state index in [0.717, 1.165) is 17.7 Å². The summed E-state index contributed by atoms with van der Waals surface area (Å²) in [6.07, 6.45) is 6.06. The second-order valence-corrected chi connectivity index (χ2v) is 9.14. The highest BCUT2D eigenvalue weighted by atomic mass is 32.2. The van der Waals surface area contributed by atoms with Crippen molar-refractivity contribution in [1.29, 1.82) is 0 Å². The summed E-state index contributed by atoms with van der Waals surface area (Å²) in [5, 5.41) is 0. The molecule has 3 nitrogen and oxygen atoms in total. The van der Waals surface area contributed by atoms with Gasteiger partial charge in [0.05, 0.1) is 4.91 Å². The first-order chi connectivity index (χ1) is 12.3. The van der Waals surface area contributed by atoms with Crippen molar-refractivity contribution in [3.8, 4) is 0 Å². The average Bonchev–Trinajstić information content (AvgIpc) is 2.95. The Hall–Kier alpha value is -1.59. The molecule has 2 heterocycles. The van der Waals surface area contributed by atoms with E-state index in [4.69, 9.17) is 12.2 Å². The first-order valence-electron chi connectivity index (χ1n) is 9.08. The molecule has 0 aromatic heterocycles. The number of anilines is 1. The minimum absolute atomic E-state index is 0.0390. The van der Waals surface area contributed by atoms with Crippen LogP contribution in [-0.4, -0.2) is 28.7 Å². The van der Waals surface area contributed by atoms with Crippen LogP contribution in [-0.2, 0) is 10.2 Å². The fourth-order valence-electron chi connectivity index (χ4n) is 3.63. The van der Waals surface area contributed by atoms with Crippen LogP contribution in [0.2, 0.25) is 0 Å². The average molecular weight is 387 g/mol. The van der Waals surface area contributed by atoms with Crippen molar-refractivity contribution in [3.63, 3.8) is 0 Å². The predicted molar refractivity (Wildman–Crippen MR) is 116 cm³/mol. The number of nitrogens with zero attached hydrogens (tertiary/aromatic N) is 2. The third-order valence-corrected chi connectivity index (χ3v) is 6.59. The highest BCUT2D eigenvalue weighted by Crippen LogP contribution is 2.47. The van der Waals surface area contributed by atoms with Crippen LogP contribution in [0.3, 0.4) is 0 Å². The first kappa shape index (κ1) is 19.2. The standard InChI is InChI=1S/C21H26N2OS2/c1-6-7-12-23-19(24)17(26-20(23)25)10-11-18-21(3,4)15-13-14(2)8-9-16(15)22(18)5/h8-11,13H,6-7,12H2,1-5H3/b17-10+,18-11+. The molecule has 26 heavy (non-hydrogen) atoms. The van der Waals surface area contributed by atoms with E-state index in [1.807, 2.05) is 6.08 Å². The molecule has 0 bridgehead atoms. The molecular formula is C21H26N2OS2. The van der Waals surface area contributed by atoms with E-state index in [1.54, 1.807) is 4.90 Å². The zero-order valence-corrected chi connectivity index (χ0v) is 17.8. The van der Waals surface area contributed by atoms with Crippen molar-refractivity contribution in [1.82, 2.24) is 4.90 Å². The topological polar surface area (TPSA) is 23.6 Å². The molecule has 138 valence electrons. The van der Waals surface area contributed by atoms with E-state index in [2.05, 4.69) is 63.9 Å². The largest absolute Gasteiger partial charge is 0.347 e. The number of thiocarbonyl (C=S) groups is 1. The Bertz CT molecular complexity index is 823. The zero-order chi connectivity index (χ0) is 19.1. The zero-order valence-electron chi connectivity index (χ0n) is 16.1. The van der Waals surface area contributed by atoms with Crippen LogP contribution in [0.1, 0.15) is 44.7 Å². The summed E-state index contributed by atoms with van der Waals surface area (Å²) < 4.78 is 0.672. The Morgan fingerprint density at radius 3 is 2.69 bits per heavy atom. The molecule has 0 radical (unpaired) electrons. The van der Waals surface area contributed by atoms with Crippen molar-refractivity contribution < 1.29 is 4.79 Å². The predicted octanol–water partition coefficient (Wildman–Crippen LogP) is 5.15. The number of carbonyl (C=O) groups is 1. The first-order valence-corrected chi connectivity index (χ1v) is 10.3. The van der Waals surface area contributed by atoms with Gasteiger partial charge in [0.2, 0.25) is 0 Å². The van der Waals surface area contributed by atoms with Gasteiger partial charge in [0.15, 0.2) is 0 Å². The normalized spacial score (nSPS) is 22.0. The van der Waals surface area contributed by atoms with Crippen molar-refractivity contribution in [3.05, 3.63) is 52.1 Å². The number of likely N-dealkylation sites (N-methyl/N-ethyl adjacent to an activating group) is 1. The number of allylic oxidation sites excluding steroid dienone is 3. The molecule has 1 amide bonds. The monoisotopic (exact) mass is 386 g/mol. The van der Waals surface area contributed by atoms with Crippen LogP contribution in [0, 0.1) is 6.92 Å². The Morgan fingerprint density at radius 1 is 1.27 bits per heavy atom. The third-order valence-electron chi connectivity index (χ3n) is 5.19. The molecule has 0 aliphatic carbocycles. The molecule has 1 aromatic carbocycles. The molecule has 0 atom stereocenters. The van der Waals surface area contributed by atoms with E-state index in [1.165, 1.54) is 34.3 Å². The smallest absolute Gasteiger partial charge is 0.266 e. The summed E-state index contributed by atoms with van der Waals surface area (Å²) >= 11 is 6.80. The van der Waals surface area contributed by atoms with E-state index in [0.29, 0.717) is 10.9 Å². The lowest BCUT2D eigenvalue weighted by Crippen LogP contribution is -2.28. The highest BCUT2D eigenvalue weighted by molar-refractivity contribution is 8.26. The summed E-state index contributed by atoms with van der Waals surface area (Å²) in [6.45, 7) is 9.43. The van der Waals surface area contributed by atoms with E-state index < -0.39 is 0 Å². The number of amides is 1. The van der Waals surface area contributed by atoms with Gasteiger partial charge in [-0.15, -0.1) is 0 Å². The SMILES string of the molecule is CCCCN1C(=O)/C(=C\C=C2\N(C)c3ccc(C)cc3C2(C)C)SC1=S.